The molecule has 3 aromatic carbocycles. The molecule has 0 saturated carbocycles. The van der Waals surface area contributed by atoms with Crippen LogP contribution in [-0.2, 0) is 14.8 Å². The minimum absolute atomic E-state index is 0.0757. The average Bonchev–Trinajstić information content (AvgIpc) is 2.72. The van der Waals surface area contributed by atoms with Crippen LogP contribution in [-0.4, -0.2) is 20.2 Å². The fourth-order valence-corrected chi connectivity index (χ4v) is 4.46. The largest absolute Gasteiger partial charge is 0.324 e. The summed E-state index contributed by atoms with van der Waals surface area (Å²) in [6.07, 6.45) is 0. The van der Waals surface area contributed by atoms with Crippen LogP contribution in [0, 0.1) is 19.7 Å². The van der Waals surface area contributed by atoms with Crippen LogP contribution in [0.25, 0.3) is 0 Å². The Kier molecular flexibility index (Phi) is 6.59. The lowest BCUT2D eigenvalue weighted by Gasteiger charge is -2.15. The molecule has 166 valence electrons. The third kappa shape index (κ3) is 5.30. The highest BCUT2D eigenvalue weighted by Crippen LogP contribution is 2.25. The van der Waals surface area contributed by atoms with Gasteiger partial charge in [-0.25, -0.2) is 12.8 Å². The Morgan fingerprint density at radius 1 is 0.875 bits per heavy atom. The highest BCUT2D eigenvalue weighted by molar-refractivity contribution is 7.92. The van der Waals surface area contributed by atoms with Gasteiger partial charge in [-0.2, -0.15) is 0 Å². The van der Waals surface area contributed by atoms with E-state index in [0.29, 0.717) is 5.56 Å². The summed E-state index contributed by atoms with van der Waals surface area (Å²) in [4.78, 5) is 24.2. The molecule has 0 aliphatic carbocycles. The molecule has 9 heteroatoms. The van der Waals surface area contributed by atoms with Crippen LogP contribution in [0.3, 0.4) is 0 Å². The number of hydrogen-bond acceptors (Lipinski definition) is 4. The van der Waals surface area contributed by atoms with Crippen molar-refractivity contribution >= 4 is 38.9 Å². The van der Waals surface area contributed by atoms with E-state index in [1.54, 1.807) is 38.1 Å². The van der Waals surface area contributed by atoms with Gasteiger partial charge in [-0.1, -0.05) is 24.3 Å². The molecule has 3 N–H and O–H groups in total. The summed E-state index contributed by atoms with van der Waals surface area (Å²) in [5.74, 6) is -1.72. The Labute approximate surface area is 185 Å². The average molecular weight is 456 g/mol. The first-order chi connectivity index (χ1) is 15.1. The van der Waals surface area contributed by atoms with Crippen molar-refractivity contribution < 1.29 is 22.4 Å². The van der Waals surface area contributed by atoms with Gasteiger partial charge in [0.1, 0.15) is 5.82 Å². The number of carbonyl (C=O) groups is 2. The maximum absolute atomic E-state index is 13.9. The first-order valence-electron chi connectivity index (χ1n) is 9.64. The normalized spacial score (nSPS) is 11.0. The molecule has 3 rings (SSSR count). The monoisotopic (exact) mass is 455 g/mol. The number of aryl methyl sites for hydroxylation is 2. The zero-order valence-electron chi connectivity index (χ0n) is 17.7. The van der Waals surface area contributed by atoms with Crippen LogP contribution < -0.4 is 15.4 Å². The number of para-hydroxylation sites is 1. The van der Waals surface area contributed by atoms with Crippen molar-refractivity contribution in [3.05, 3.63) is 83.2 Å². The number of nitrogens with one attached hydrogen (secondary N) is 3. The van der Waals surface area contributed by atoms with E-state index in [1.807, 2.05) is 6.07 Å². The lowest BCUT2D eigenvalue weighted by Crippen LogP contribution is -2.19. The van der Waals surface area contributed by atoms with E-state index < -0.39 is 27.7 Å². The van der Waals surface area contributed by atoms with Crippen molar-refractivity contribution in [2.24, 2.45) is 0 Å². The van der Waals surface area contributed by atoms with Crippen LogP contribution in [0.4, 0.5) is 21.5 Å². The number of amides is 2. The fraction of sp³-hybridized carbons (Fsp3) is 0.130. The zero-order valence-corrected chi connectivity index (χ0v) is 18.5. The maximum atomic E-state index is 13.9. The fourth-order valence-electron chi connectivity index (χ4n) is 3.05. The van der Waals surface area contributed by atoms with Gasteiger partial charge >= 0.3 is 0 Å². The highest BCUT2D eigenvalue weighted by Gasteiger charge is 2.21. The maximum Gasteiger partial charge on any atom is 0.262 e. The van der Waals surface area contributed by atoms with E-state index in [1.165, 1.54) is 31.2 Å². The molecule has 2 amide bonds. The van der Waals surface area contributed by atoms with Crippen molar-refractivity contribution in [3.8, 4) is 0 Å². The first kappa shape index (κ1) is 23.0. The predicted octanol–water partition coefficient (Wildman–Crippen LogP) is 4.45. The van der Waals surface area contributed by atoms with Crippen LogP contribution in [0.1, 0.15) is 28.4 Å². The van der Waals surface area contributed by atoms with Gasteiger partial charge in [-0.05, 0) is 61.4 Å². The van der Waals surface area contributed by atoms with Gasteiger partial charge in [-0.15, -0.1) is 0 Å². The summed E-state index contributed by atoms with van der Waals surface area (Å²) >= 11 is 0. The van der Waals surface area contributed by atoms with E-state index >= 15 is 0 Å². The molecule has 0 spiro atoms. The molecule has 0 saturated heterocycles. The topological polar surface area (TPSA) is 104 Å². The van der Waals surface area contributed by atoms with E-state index in [2.05, 4.69) is 15.4 Å². The zero-order chi connectivity index (χ0) is 23.5. The van der Waals surface area contributed by atoms with E-state index in [4.69, 9.17) is 0 Å². The van der Waals surface area contributed by atoms with Crippen molar-refractivity contribution in [2.75, 3.05) is 15.4 Å². The van der Waals surface area contributed by atoms with Gasteiger partial charge in [0.25, 0.3) is 15.9 Å². The first-order valence-corrected chi connectivity index (χ1v) is 11.1. The molecular formula is C23H22FN3O4S. The quantitative estimate of drug-likeness (QED) is 0.511. The second kappa shape index (κ2) is 9.19. The highest BCUT2D eigenvalue weighted by atomic mass is 32.2. The lowest BCUT2D eigenvalue weighted by molar-refractivity contribution is -0.114. The van der Waals surface area contributed by atoms with Gasteiger partial charge < -0.3 is 10.6 Å². The van der Waals surface area contributed by atoms with Gasteiger partial charge in [-0.3, -0.25) is 14.3 Å². The van der Waals surface area contributed by atoms with E-state index in [9.17, 15) is 22.4 Å². The summed E-state index contributed by atoms with van der Waals surface area (Å²) in [7, 11) is -3.95. The molecule has 0 atom stereocenters. The van der Waals surface area contributed by atoms with E-state index in [-0.39, 0.29) is 27.5 Å². The summed E-state index contributed by atoms with van der Waals surface area (Å²) in [5, 5.41) is 4.93. The van der Waals surface area contributed by atoms with Gasteiger partial charge in [0.15, 0.2) is 0 Å². The molecule has 0 fully saturated rings. The second-order valence-corrected chi connectivity index (χ2v) is 8.90. The molecule has 7 nitrogen and oxygen atoms in total. The Morgan fingerprint density at radius 3 is 2.31 bits per heavy atom. The molecule has 0 heterocycles. The summed E-state index contributed by atoms with van der Waals surface area (Å²) in [6.45, 7) is 4.72. The minimum Gasteiger partial charge on any atom is -0.324 e. The lowest BCUT2D eigenvalue weighted by atomic mass is 10.1. The standard InChI is InChI=1S/C23H22FN3O4S/c1-14-8-9-15(2)22(12-14)32(30,31)27-20-7-5-4-6-18(20)23(29)26-17-10-11-19(24)21(13-17)25-16(3)28/h4-13,27H,1-3H3,(H,25,28)(H,26,29). The van der Waals surface area contributed by atoms with Crippen LogP contribution in [0.5, 0.6) is 0 Å². The smallest absolute Gasteiger partial charge is 0.262 e. The van der Waals surface area contributed by atoms with Crippen molar-refractivity contribution in [1.29, 1.82) is 0 Å². The number of hydrogen-bond donors (Lipinski definition) is 3. The molecular weight excluding hydrogens is 433 g/mol. The molecule has 32 heavy (non-hydrogen) atoms. The molecule has 3 aromatic rings. The minimum atomic E-state index is -3.95. The van der Waals surface area contributed by atoms with E-state index in [0.717, 1.165) is 11.6 Å². The number of halogens is 1. The Balaban J connectivity index is 1.89. The van der Waals surface area contributed by atoms with Gasteiger partial charge in [0.05, 0.1) is 21.8 Å². The van der Waals surface area contributed by atoms with Crippen LogP contribution in [0.15, 0.2) is 65.6 Å². The molecule has 0 bridgehead atoms. The number of rotatable bonds is 6. The Bertz CT molecular complexity index is 1310. The van der Waals surface area contributed by atoms with Gasteiger partial charge in [0, 0.05) is 12.6 Å². The molecule has 0 unspecified atom stereocenters. The molecule has 0 aliphatic heterocycles. The van der Waals surface area contributed by atoms with Crippen molar-refractivity contribution in [2.45, 2.75) is 25.7 Å². The SMILES string of the molecule is CC(=O)Nc1cc(NC(=O)c2ccccc2NS(=O)(=O)c2cc(C)ccc2C)ccc1F. The van der Waals surface area contributed by atoms with Gasteiger partial charge in [0.2, 0.25) is 5.91 Å². The predicted molar refractivity (Wildman–Crippen MR) is 122 cm³/mol. The summed E-state index contributed by atoms with van der Waals surface area (Å²) in [6, 6.07) is 14.9. The Morgan fingerprint density at radius 2 is 1.59 bits per heavy atom. The number of benzene rings is 3. The van der Waals surface area contributed by atoms with Crippen molar-refractivity contribution in [1.82, 2.24) is 0 Å². The number of anilines is 3. The van der Waals surface area contributed by atoms with Crippen LogP contribution >= 0.6 is 0 Å². The summed E-state index contributed by atoms with van der Waals surface area (Å²) in [5.41, 5.74) is 1.67. The van der Waals surface area contributed by atoms with Crippen LogP contribution in [0.2, 0.25) is 0 Å². The van der Waals surface area contributed by atoms with Crippen molar-refractivity contribution in [3.63, 3.8) is 0 Å². The number of carbonyl (C=O) groups excluding carboxylic acids is 2. The number of sulfonamides is 1. The molecule has 0 aliphatic rings. The Hall–Kier alpha value is -3.72. The second-order valence-electron chi connectivity index (χ2n) is 7.25. The summed E-state index contributed by atoms with van der Waals surface area (Å²) < 4.78 is 42.3. The molecule has 0 aromatic heterocycles. The molecule has 0 radical (unpaired) electrons. The third-order valence-corrected chi connectivity index (χ3v) is 6.09. The third-order valence-electron chi connectivity index (χ3n) is 4.58.